The van der Waals surface area contributed by atoms with E-state index in [1.807, 2.05) is 67.7 Å². The van der Waals surface area contributed by atoms with Gasteiger partial charge in [0.2, 0.25) is 5.91 Å². The van der Waals surface area contributed by atoms with Gasteiger partial charge in [-0.25, -0.2) is 4.98 Å². The molecule has 0 aliphatic carbocycles. The fourth-order valence-electron chi connectivity index (χ4n) is 2.59. The fraction of sp³-hybridized carbons (Fsp3) is 0.143. The molecule has 27 heavy (non-hydrogen) atoms. The SMILES string of the molecule is C=CCn1c(-c2ccc(Br)cc2)cnc1SCC(=O)Nc1ccc(C)cc1. The predicted molar refractivity (Wildman–Crippen MR) is 116 cm³/mol. The number of rotatable bonds is 7. The molecule has 138 valence electrons. The molecule has 3 aromatic rings. The third kappa shape index (κ3) is 5.11. The van der Waals surface area contributed by atoms with E-state index in [-0.39, 0.29) is 5.91 Å². The number of hydrogen-bond acceptors (Lipinski definition) is 3. The third-order valence-corrected chi connectivity index (χ3v) is 5.46. The number of allylic oxidation sites excluding steroid dienone is 1. The number of thioether (sulfide) groups is 1. The molecule has 1 amide bonds. The van der Waals surface area contributed by atoms with Crippen LogP contribution in [0.3, 0.4) is 0 Å². The molecule has 0 saturated heterocycles. The van der Waals surface area contributed by atoms with Crippen molar-refractivity contribution in [2.75, 3.05) is 11.1 Å². The molecule has 4 nitrogen and oxygen atoms in total. The molecule has 0 spiro atoms. The van der Waals surface area contributed by atoms with E-state index >= 15 is 0 Å². The lowest BCUT2D eigenvalue weighted by atomic mass is 10.2. The summed E-state index contributed by atoms with van der Waals surface area (Å²) in [6.07, 6.45) is 3.67. The largest absolute Gasteiger partial charge is 0.325 e. The first-order valence-corrected chi connectivity index (χ1v) is 10.3. The van der Waals surface area contributed by atoms with E-state index in [0.29, 0.717) is 12.3 Å². The van der Waals surface area contributed by atoms with Crippen LogP contribution in [0.25, 0.3) is 11.3 Å². The molecule has 0 aliphatic rings. The number of hydrogen-bond donors (Lipinski definition) is 1. The summed E-state index contributed by atoms with van der Waals surface area (Å²) in [4.78, 5) is 16.8. The van der Waals surface area contributed by atoms with Crippen molar-refractivity contribution < 1.29 is 4.79 Å². The average molecular weight is 442 g/mol. The second-order valence-corrected chi connectivity index (χ2v) is 7.89. The summed E-state index contributed by atoms with van der Waals surface area (Å²) in [6.45, 7) is 6.49. The molecule has 2 aromatic carbocycles. The Morgan fingerprint density at radius 3 is 2.59 bits per heavy atom. The predicted octanol–water partition coefficient (Wildman–Crippen LogP) is 5.54. The minimum absolute atomic E-state index is 0.0535. The van der Waals surface area contributed by atoms with E-state index in [9.17, 15) is 4.79 Å². The van der Waals surface area contributed by atoms with Crippen molar-refractivity contribution in [2.24, 2.45) is 0 Å². The minimum atomic E-state index is -0.0535. The number of aryl methyl sites for hydroxylation is 1. The highest BCUT2D eigenvalue weighted by Crippen LogP contribution is 2.27. The Balaban J connectivity index is 1.70. The van der Waals surface area contributed by atoms with E-state index in [1.165, 1.54) is 11.8 Å². The van der Waals surface area contributed by atoms with Gasteiger partial charge < -0.3 is 9.88 Å². The number of carbonyl (C=O) groups excluding carboxylic acids is 1. The fourth-order valence-corrected chi connectivity index (χ4v) is 3.65. The number of nitrogens with zero attached hydrogens (tertiary/aromatic N) is 2. The highest BCUT2D eigenvalue weighted by Gasteiger charge is 2.13. The number of halogens is 1. The van der Waals surface area contributed by atoms with Crippen LogP contribution in [0, 0.1) is 6.92 Å². The lowest BCUT2D eigenvalue weighted by Crippen LogP contribution is -2.14. The summed E-state index contributed by atoms with van der Waals surface area (Å²) in [5.41, 5.74) is 4.04. The Morgan fingerprint density at radius 2 is 1.93 bits per heavy atom. The van der Waals surface area contributed by atoms with Crippen molar-refractivity contribution >= 4 is 39.3 Å². The summed E-state index contributed by atoms with van der Waals surface area (Å²) in [6, 6.07) is 15.8. The van der Waals surface area contributed by atoms with Gasteiger partial charge in [0.05, 0.1) is 17.6 Å². The molecule has 0 aliphatic heterocycles. The van der Waals surface area contributed by atoms with Gasteiger partial charge in [-0.15, -0.1) is 6.58 Å². The van der Waals surface area contributed by atoms with Crippen LogP contribution in [-0.2, 0) is 11.3 Å². The van der Waals surface area contributed by atoms with Crippen molar-refractivity contribution in [3.8, 4) is 11.3 Å². The number of imidazole rings is 1. The number of anilines is 1. The van der Waals surface area contributed by atoms with Crippen LogP contribution < -0.4 is 5.32 Å². The number of amides is 1. The van der Waals surface area contributed by atoms with Crippen LogP contribution in [0.15, 0.2) is 77.0 Å². The molecule has 0 atom stereocenters. The first-order chi connectivity index (χ1) is 13.1. The van der Waals surface area contributed by atoms with E-state index in [4.69, 9.17) is 0 Å². The van der Waals surface area contributed by atoms with Gasteiger partial charge in [0.1, 0.15) is 0 Å². The molecule has 0 unspecified atom stereocenters. The summed E-state index contributed by atoms with van der Waals surface area (Å²) in [5, 5.41) is 3.71. The molecule has 1 N–H and O–H groups in total. The zero-order valence-corrected chi connectivity index (χ0v) is 17.4. The lowest BCUT2D eigenvalue weighted by molar-refractivity contribution is -0.113. The number of carbonyl (C=O) groups is 1. The summed E-state index contributed by atoms with van der Waals surface area (Å²) < 4.78 is 3.10. The minimum Gasteiger partial charge on any atom is -0.325 e. The molecule has 0 bridgehead atoms. The van der Waals surface area contributed by atoms with E-state index in [2.05, 4.69) is 37.4 Å². The van der Waals surface area contributed by atoms with Gasteiger partial charge in [0.15, 0.2) is 5.16 Å². The maximum absolute atomic E-state index is 12.3. The second kappa shape index (κ2) is 9.06. The monoisotopic (exact) mass is 441 g/mol. The Labute approximate surface area is 171 Å². The molecule has 0 fully saturated rings. The first-order valence-electron chi connectivity index (χ1n) is 8.48. The van der Waals surface area contributed by atoms with Crippen molar-refractivity contribution in [3.63, 3.8) is 0 Å². The zero-order chi connectivity index (χ0) is 19.2. The van der Waals surface area contributed by atoms with Gasteiger partial charge in [-0.3, -0.25) is 4.79 Å². The molecule has 6 heteroatoms. The van der Waals surface area contributed by atoms with E-state index in [1.54, 1.807) is 0 Å². The van der Waals surface area contributed by atoms with Crippen LogP contribution in [0.4, 0.5) is 5.69 Å². The number of aromatic nitrogens is 2. The van der Waals surface area contributed by atoms with Crippen molar-refractivity contribution in [2.45, 2.75) is 18.6 Å². The summed E-state index contributed by atoms with van der Waals surface area (Å²) in [7, 11) is 0. The molecule has 1 heterocycles. The second-order valence-electron chi connectivity index (χ2n) is 6.04. The topological polar surface area (TPSA) is 46.9 Å². The van der Waals surface area contributed by atoms with Gasteiger partial charge in [0.25, 0.3) is 0 Å². The Kier molecular flexibility index (Phi) is 6.53. The lowest BCUT2D eigenvalue weighted by Gasteiger charge is -2.10. The van der Waals surface area contributed by atoms with E-state index in [0.717, 1.165) is 32.1 Å². The standard InChI is InChI=1S/C21H20BrN3OS/c1-3-12-25-19(16-6-8-17(22)9-7-16)13-23-21(25)27-14-20(26)24-18-10-4-15(2)5-11-18/h3-11,13H,1,12,14H2,2H3,(H,24,26). The van der Waals surface area contributed by atoms with Crippen molar-refractivity contribution in [1.82, 2.24) is 9.55 Å². The van der Waals surface area contributed by atoms with Crippen LogP contribution in [0.1, 0.15) is 5.56 Å². The Bertz CT molecular complexity index is 933. The third-order valence-electron chi connectivity index (χ3n) is 3.94. The van der Waals surface area contributed by atoms with Gasteiger partial charge in [-0.1, -0.05) is 63.6 Å². The molecular formula is C21H20BrN3OS. The average Bonchev–Trinajstić information content (AvgIpc) is 3.06. The molecule has 0 saturated carbocycles. The van der Waals surface area contributed by atoms with E-state index < -0.39 is 0 Å². The smallest absolute Gasteiger partial charge is 0.234 e. The van der Waals surface area contributed by atoms with Crippen LogP contribution >= 0.6 is 27.7 Å². The zero-order valence-electron chi connectivity index (χ0n) is 15.0. The van der Waals surface area contributed by atoms with Gasteiger partial charge in [-0.2, -0.15) is 0 Å². The van der Waals surface area contributed by atoms with Crippen molar-refractivity contribution in [3.05, 3.63) is 77.4 Å². The summed E-state index contributed by atoms with van der Waals surface area (Å²) >= 11 is 4.88. The van der Waals surface area contributed by atoms with Gasteiger partial charge in [-0.05, 0) is 36.8 Å². The van der Waals surface area contributed by atoms with Crippen molar-refractivity contribution in [1.29, 1.82) is 0 Å². The highest BCUT2D eigenvalue weighted by molar-refractivity contribution is 9.10. The Morgan fingerprint density at radius 1 is 1.22 bits per heavy atom. The Hall–Kier alpha value is -2.31. The molecule has 0 radical (unpaired) electrons. The van der Waals surface area contributed by atoms with Crippen LogP contribution in [0.2, 0.25) is 0 Å². The number of nitrogens with one attached hydrogen (secondary N) is 1. The maximum Gasteiger partial charge on any atom is 0.234 e. The normalized spacial score (nSPS) is 10.6. The number of benzene rings is 2. The van der Waals surface area contributed by atoms with Crippen LogP contribution in [0.5, 0.6) is 0 Å². The van der Waals surface area contributed by atoms with Gasteiger partial charge >= 0.3 is 0 Å². The first kappa shape index (κ1) is 19.5. The quantitative estimate of drug-likeness (QED) is 0.386. The maximum atomic E-state index is 12.3. The molecule has 3 rings (SSSR count). The highest BCUT2D eigenvalue weighted by atomic mass is 79.9. The summed E-state index contributed by atoms with van der Waals surface area (Å²) in [5.74, 6) is 0.240. The van der Waals surface area contributed by atoms with Crippen LogP contribution in [-0.4, -0.2) is 21.2 Å². The van der Waals surface area contributed by atoms with Gasteiger partial charge in [0, 0.05) is 16.7 Å². The molecular weight excluding hydrogens is 422 g/mol. The molecule has 1 aromatic heterocycles.